The van der Waals surface area contributed by atoms with E-state index in [1.54, 1.807) is 24.3 Å². The van der Waals surface area contributed by atoms with Gasteiger partial charge < -0.3 is 14.8 Å². The van der Waals surface area contributed by atoms with Gasteiger partial charge in [-0.3, -0.25) is 9.78 Å². The van der Waals surface area contributed by atoms with E-state index in [2.05, 4.69) is 32.9 Å². The first kappa shape index (κ1) is 17.1. The fourth-order valence-corrected chi connectivity index (χ4v) is 3.79. The predicted molar refractivity (Wildman–Crippen MR) is 104 cm³/mol. The number of carbonyl (C=O) groups excluding carboxylic acids is 1. The Balaban J connectivity index is 1.52. The van der Waals surface area contributed by atoms with Crippen LogP contribution in [-0.4, -0.2) is 40.5 Å². The molecule has 6 heteroatoms. The van der Waals surface area contributed by atoms with Crippen molar-refractivity contribution in [2.24, 2.45) is 0 Å². The molecule has 0 radical (unpaired) electrons. The molecule has 3 heterocycles. The van der Waals surface area contributed by atoms with Gasteiger partial charge in [-0.1, -0.05) is 11.6 Å². The van der Waals surface area contributed by atoms with Gasteiger partial charge in [-0.2, -0.15) is 0 Å². The summed E-state index contributed by atoms with van der Waals surface area (Å²) in [6.07, 6.45) is 4.81. The molecule has 0 saturated heterocycles. The lowest BCUT2D eigenvalue weighted by Crippen LogP contribution is -2.30. The van der Waals surface area contributed by atoms with Gasteiger partial charge in [0, 0.05) is 66.7 Å². The van der Waals surface area contributed by atoms with E-state index in [4.69, 9.17) is 11.6 Å². The maximum atomic E-state index is 12.3. The zero-order valence-electron chi connectivity index (χ0n) is 14.7. The first-order valence-electron chi connectivity index (χ1n) is 8.80. The van der Waals surface area contributed by atoms with Crippen molar-refractivity contribution in [1.82, 2.24) is 19.8 Å². The van der Waals surface area contributed by atoms with Crippen molar-refractivity contribution in [3.05, 3.63) is 64.6 Å². The maximum absolute atomic E-state index is 12.3. The van der Waals surface area contributed by atoms with Crippen LogP contribution in [0.25, 0.3) is 10.9 Å². The van der Waals surface area contributed by atoms with Crippen molar-refractivity contribution in [2.75, 3.05) is 20.1 Å². The second kappa shape index (κ2) is 7.09. The summed E-state index contributed by atoms with van der Waals surface area (Å²) in [5.74, 6) is -0.0756. The third kappa shape index (κ3) is 3.20. The number of carbonyl (C=O) groups is 1. The monoisotopic (exact) mass is 368 g/mol. The molecule has 1 N–H and O–H groups in total. The van der Waals surface area contributed by atoms with Crippen molar-refractivity contribution < 1.29 is 4.79 Å². The van der Waals surface area contributed by atoms with Crippen molar-refractivity contribution in [1.29, 1.82) is 0 Å². The molecule has 1 aromatic carbocycles. The first-order valence-corrected chi connectivity index (χ1v) is 9.17. The lowest BCUT2D eigenvalue weighted by Gasteiger charge is -2.24. The van der Waals surface area contributed by atoms with Crippen LogP contribution in [0.5, 0.6) is 0 Å². The SMILES string of the molecule is CN1CCc2c(c3cnccc3n2CCNC(=O)c2ccc(Cl)cc2)C1. The van der Waals surface area contributed by atoms with Crippen LogP contribution in [0.1, 0.15) is 21.6 Å². The summed E-state index contributed by atoms with van der Waals surface area (Å²) >= 11 is 5.88. The number of hydrogen-bond acceptors (Lipinski definition) is 3. The summed E-state index contributed by atoms with van der Waals surface area (Å²) in [6.45, 7) is 3.32. The van der Waals surface area contributed by atoms with Crippen LogP contribution in [0.15, 0.2) is 42.7 Å². The molecule has 26 heavy (non-hydrogen) atoms. The van der Waals surface area contributed by atoms with Gasteiger partial charge in [0.2, 0.25) is 0 Å². The highest BCUT2D eigenvalue weighted by Crippen LogP contribution is 2.29. The molecule has 1 aliphatic heterocycles. The molecular weight excluding hydrogens is 348 g/mol. The quantitative estimate of drug-likeness (QED) is 0.769. The van der Waals surface area contributed by atoms with Crippen LogP contribution in [0, 0.1) is 0 Å². The topological polar surface area (TPSA) is 50.2 Å². The number of rotatable bonds is 4. The predicted octanol–water partition coefficient (Wildman–Crippen LogP) is 3.11. The number of nitrogens with one attached hydrogen (secondary N) is 1. The number of nitrogens with zero attached hydrogens (tertiary/aromatic N) is 3. The summed E-state index contributed by atoms with van der Waals surface area (Å²) in [5.41, 5.74) is 4.55. The van der Waals surface area contributed by atoms with Crippen molar-refractivity contribution >= 4 is 28.4 Å². The average molecular weight is 369 g/mol. The Bertz CT molecular complexity index is 948. The number of pyridine rings is 1. The van der Waals surface area contributed by atoms with Crippen LogP contribution in [0.4, 0.5) is 0 Å². The molecule has 4 rings (SSSR count). The molecule has 0 bridgehead atoms. The van der Waals surface area contributed by atoms with E-state index < -0.39 is 0 Å². The van der Waals surface area contributed by atoms with Gasteiger partial charge in [-0.15, -0.1) is 0 Å². The van der Waals surface area contributed by atoms with E-state index in [1.165, 1.54) is 22.2 Å². The fraction of sp³-hybridized carbons (Fsp3) is 0.300. The zero-order chi connectivity index (χ0) is 18.1. The van der Waals surface area contributed by atoms with Gasteiger partial charge in [0.25, 0.3) is 5.91 Å². The van der Waals surface area contributed by atoms with Gasteiger partial charge in [-0.05, 0) is 42.9 Å². The molecular formula is C20H21ClN4O. The molecule has 134 valence electrons. The lowest BCUT2D eigenvalue weighted by molar-refractivity contribution is 0.0952. The minimum atomic E-state index is -0.0756. The fourth-order valence-electron chi connectivity index (χ4n) is 3.67. The molecule has 2 aromatic heterocycles. The van der Waals surface area contributed by atoms with E-state index in [1.807, 2.05) is 12.4 Å². The highest BCUT2D eigenvalue weighted by molar-refractivity contribution is 6.30. The number of benzene rings is 1. The second-order valence-electron chi connectivity index (χ2n) is 6.72. The van der Waals surface area contributed by atoms with E-state index in [0.717, 1.165) is 26.1 Å². The molecule has 0 unspecified atom stereocenters. The van der Waals surface area contributed by atoms with Gasteiger partial charge >= 0.3 is 0 Å². The van der Waals surface area contributed by atoms with Gasteiger partial charge in [-0.25, -0.2) is 0 Å². The Morgan fingerprint density at radius 3 is 2.88 bits per heavy atom. The second-order valence-corrected chi connectivity index (χ2v) is 7.16. The Morgan fingerprint density at radius 2 is 2.08 bits per heavy atom. The van der Waals surface area contributed by atoms with Gasteiger partial charge in [0.15, 0.2) is 0 Å². The number of amides is 1. The van der Waals surface area contributed by atoms with Crippen molar-refractivity contribution in [3.8, 4) is 0 Å². The van der Waals surface area contributed by atoms with E-state index in [0.29, 0.717) is 17.1 Å². The Labute approximate surface area is 157 Å². The molecule has 1 aliphatic rings. The molecule has 1 amide bonds. The van der Waals surface area contributed by atoms with Crippen LogP contribution in [-0.2, 0) is 19.5 Å². The van der Waals surface area contributed by atoms with Crippen LogP contribution in [0.2, 0.25) is 5.02 Å². The van der Waals surface area contributed by atoms with Gasteiger partial charge in [0.1, 0.15) is 0 Å². The molecule has 5 nitrogen and oxygen atoms in total. The highest BCUT2D eigenvalue weighted by atomic mass is 35.5. The average Bonchev–Trinajstić information content (AvgIpc) is 2.96. The number of likely N-dealkylation sites (N-methyl/N-ethyl adjacent to an activating group) is 1. The molecule has 3 aromatic rings. The third-order valence-electron chi connectivity index (χ3n) is 4.97. The largest absolute Gasteiger partial charge is 0.350 e. The van der Waals surface area contributed by atoms with Crippen molar-refractivity contribution in [3.63, 3.8) is 0 Å². The third-order valence-corrected chi connectivity index (χ3v) is 5.23. The summed E-state index contributed by atoms with van der Waals surface area (Å²) in [6, 6.07) is 9.01. The summed E-state index contributed by atoms with van der Waals surface area (Å²) in [4.78, 5) is 18.9. The van der Waals surface area contributed by atoms with E-state index in [9.17, 15) is 4.79 Å². The molecule has 0 saturated carbocycles. The minimum absolute atomic E-state index is 0.0756. The van der Waals surface area contributed by atoms with Crippen LogP contribution < -0.4 is 5.32 Å². The highest BCUT2D eigenvalue weighted by Gasteiger charge is 2.22. The lowest BCUT2D eigenvalue weighted by atomic mass is 10.1. The van der Waals surface area contributed by atoms with Crippen molar-refractivity contribution in [2.45, 2.75) is 19.5 Å². The molecule has 0 fully saturated rings. The normalized spacial score (nSPS) is 14.4. The van der Waals surface area contributed by atoms with Gasteiger partial charge in [0.05, 0.1) is 5.52 Å². The maximum Gasteiger partial charge on any atom is 0.251 e. The Hall–Kier alpha value is -2.37. The standard InChI is InChI=1S/C20H21ClN4O/c1-24-10-7-19-17(13-24)16-12-22-8-6-18(16)25(19)11-9-23-20(26)14-2-4-15(21)5-3-14/h2-6,8,12H,7,9-11,13H2,1H3,(H,23,26). The summed E-state index contributed by atoms with van der Waals surface area (Å²) in [5, 5.41) is 4.86. The van der Waals surface area contributed by atoms with E-state index in [-0.39, 0.29) is 5.91 Å². The number of fused-ring (bicyclic) bond motifs is 3. The van der Waals surface area contributed by atoms with Crippen LogP contribution in [0.3, 0.4) is 0 Å². The first-order chi connectivity index (χ1) is 12.6. The van der Waals surface area contributed by atoms with Crippen LogP contribution >= 0.6 is 11.6 Å². The molecule has 0 atom stereocenters. The molecule has 0 spiro atoms. The van der Waals surface area contributed by atoms with E-state index >= 15 is 0 Å². The Morgan fingerprint density at radius 1 is 1.27 bits per heavy atom. The number of hydrogen-bond donors (Lipinski definition) is 1. The minimum Gasteiger partial charge on any atom is -0.350 e. The number of halogens is 1. The molecule has 0 aliphatic carbocycles. The number of aromatic nitrogens is 2. The summed E-state index contributed by atoms with van der Waals surface area (Å²) < 4.78 is 2.33. The zero-order valence-corrected chi connectivity index (χ0v) is 15.5. The Kier molecular flexibility index (Phi) is 4.66. The smallest absolute Gasteiger partial charge is 0.251 e. The summed E-state index contributed by atoms with van der Waals surface area (Å²) in [7, 11) is 2.15.